The van der Waals surface area contributed by atoms with E-state index in [9.17, 15) is 0 Å². The maximum Gasteiger partial charge on any atom is 0.125 e. The minimum absolute atomic E-state index is 0.121. The maximum atomic E-state index is 6.22. The third-order valence-electron chi connectivity index (χ3n) is 3.34. The van der Waals surface area contributed by atoms with Crippen LogP contribution in [0.25, 0.3) is 10.6 Å². The number of halogens is 1. The summed E-state index contributed by atoms with van der Waals surface area (Å²) in [4.78, 5) is 6.96. The van der Waals surface area contributed by atoms with E-state index in [0.717, 1.165) is 34.4 Å². The summed E-state index contributed by atoms with van der Waals surface area (Å²) < 4.78 is 0. The molecule has 0 bridgehead atoms. The van der Waals surface area contributed by atoms with E-state index in [-0.39, 0.29) is 5.41 Å². The number of nitrogens with zero attached hydrogens (tertiary/aromatic N) is 2. The van der Waals surface area contributed by atoms with Gasteiger partial charge in [-0.25, -0.2) is 4.98 Å². The Labute approximate surface area is 135 Å². The lowest BCUT2D eigenvalue weighted by Gasteiger charge is -2.28. The molecule has 21 heavy (non-hydrogen) atoms. The van der Waals surface area contributed by atoms with Crippen molar-refractivity contribution in [3.05, 3.63) is 40.4 Å². The molecule has 5 heteroatoms. The van der Waals surface area contributed by atoms with Crippen molar-refractivity contribution in [2.24, 2.45) is 11.1 Å². The van der Waals surface area contributed by atoms with E-state index >= 15 is 0 Å². The molecule has 2 aromatic rings. The molecule has 0 spiro atoms. The number of benzene rings is 1. The van der Waals surface area contributed by atoms with Crippen LogP contribution in [0.3, 0.4) is 0 Å². The lowest BCUT2D eigenvalue weighted by molar-refractivity contribution is 0.208. The van der Waals surface area contributed by atoms with Gasteiger partial charge in [0, 0.05) is 24.0 Å². The van der Waals surface area contributed by atoms with Gasteiger partial charge in [0.2, 0.25) is 0 Å². The molecule has 0 fully saturated rings. The molecule has 0 aliphatic rings. The molecule has 0 aliphatic heterocycles. The molecular weight excluding hydrogens is 302 g/mol. The Kier molecular flexibility index (Phi) is 5.38. The van der Waals surface area contributed by atoms with Crippen LogP contribution < -0.4 is 5.73 Å². The van der Waals surface area contributed by atoms with Crippen LogP contribution in [0, 0.1) is 5.41 Å². The molecule has 1 aromatic heterocycles. The lowest BCUT2D eigenvalue weighted by atomic mass is 9.93. The molecule has 0 saturated heterocycles. The first-order chi connectivity index (χ1) is 9.91. The minimum Gasteiger partial charge on any atom is -0.330 e. The number of nitrogens with two attached hydrogens (primary N) is 1. The third-order valence-corrected chi connectivity index (χ3v) is 4.59. The van der Waals surface area contributed by atoms with Crippen molar-refractivity contribution in [2.75, 3.05) is 20.1 Å². The van der Waals surface area contributed by atoms with Crippen LogP contribution in [0.2, 0.25) is 5.02 Å². The van der Waals surface area contributed by atoms with Crippen LogP contribution in [0.5, 0.6) is 0 Å². The normalized spacial score (nSPS) is 12.1. The summed E-state index contributed by atoms with van der Waals surface area (Å²) in [5.41, 5.74) is 7.99. The highest BCUT2D eigenvalue weighted by Gasteiger charge is 2.18. The molecule has 2 rings (SSSR count). The summed E-state index contributed by atoms with van der Waals surface area (Å²) in [5.74, 6) is 0. The fraction of sp³-hybridized carbons (Fsp3) is 0.438. The topological polar surface area (TPSA) is 42.2 Å². The van der Waals surface area contributed by atoms with Gasteiger partial charge in [0.25, 0.3) is 0 Å². The summed E-state index contributed by atoms with van der Waals surface area (Å²) in [7, 11) is 2.10. The monoisotopic (exact) mass is 323 g/mol. The Morgan fingerprint density at radius 3 is 2.71 bits per heavy atom. The van der Waals surface area contributed by atoms with Gasteiger partial charge in [0.05, 0.1) is 10.7 Å². The van der Waals surface area contributed by atoms with Gasteiger partial charge in [-0.2, -0.15) is 0 Å². The number of hydrogen-bond acceptors (Lipinski definition) is 4. The zero-order valence-electron chi connectivity index (χ0n) is 12.8. The van der Waals surface area contributed by atoms with Gasteiger partial charge >= 0.3 is 0 Å². The molecule has 114 valence electrons. The van der Waals surface area contributed by atoms with Crippen LogP contribution >= 0.6 is 22.9 Å². The van der Waals surface area contributed by atoms with Gasteiger partial charge in [-0.1, -0.05) is 43.6 Å². The molecule has 0 unspecified atom stereocenters. The van der Waals surface area contributed by atoms with E-state index < -0.39 is 0 Å². The van der Waals surface area contributed by atoms with E-state index in [4.69, 9.17) is 22.3 Å². The molecule has 2 N–H and O–H groups in total. The van der Waals surface area contributed by atoms with Crippen molar-refractivity contribution in [3.8, 4) is 10.6 Å². The molecule has 0 radical (unpaired) electrons. The van der Waals surface area contributed by atoms with Crippen LogP contribution in [-0.4, -0.2) is 30.0 Å². The Bertz CT molecular complexity index is 595. The average Bonchev–Trinajstić information content (AvgIpc) is 2.86. The first kappa shape index (κ1) is 16.4. The lowest BCUT2D eigenvalue weighted by Crippen LogP contribution is -2.36. The summed E-state index contributed by atoms with van der Waals surface area (Å²) in [6.45, 7) is 6.81. The van der Waals surface area contributed by atoms with Crippen LogP contribution in [0.4, 0.5) is 0 Å². The largest absolute Gasteiger partial charge is 0.330 e. The summed E-state index contributed by atoms with van der Waals surface area (Å²) in [6.07, 6.45) is 0. The second-order valence-electron chi connectivity index (χ2n) is 6.16. The van der Waals surface area contributed by atoms with Crippen LogP contribution in [0.1, 0.15) is 19.5 Å². The van der Waals surface area contributed by atoms with Crippen molar-refractivity contribution in [3.63, 3.8) is 0 Å². The van der Waals surface area contributed by atoms with Crippen molar-refractivity contribution in [1.29, 1.82) is 0 Å². The Morgan fingerprint density at radius 2 is 2.05 bits per heavy atom. The molecule has 0 aliphatic carbocycles. The molecule has 1 aromatic carbocycles. The first-order valence-electron chi connectivity index (χ1n) is 6.99. The van der Waals surface area contributed by atoms with E-state index in [1.54, 1.807) is 11.3 Å². The number of thiazole rings is 1. The van der Waals surface area contributed by atoms with Crippen molar-refractivity contribution >= 4 is 22.9 Å². The number of aromatic nitrogens is 1. The number of rotatable bonds is 6. The van der Waals surface area contributed by atoms with Crippen molar-refractivity contribution < 1.29 is 0 Å². The molecule has 1 heterocycles. The molecule has 3 nitrogen and oxygen atoms in total. The fourth-order valence-corrected chi connectivity index (χ4v) is 3.40. The van der Waals surface area contributed by atoms with Crippen molar-refractivity contribution in [1.82, 2.24) is 9.88 Å². The minimum atomic E-state index is 0.121. The van der Waals surface area contributed by atoms with Gasteiger partial charge in [-0.3, -0.25) is 4.90 Å². The Morgan fingerprint density at radius 1 is 1.33 bits per heavy atom. The second kappa shape index (κ2) is 6.88. The predicted octanol–water partition coefficient (Wildman–Crippen LogP) is 3.88. The summed E-state index contributed by atoms with van der Waals surface area (Å²) in [5, 5.41) is 3.82. The van der Waals surface area contributed by atoms with Gasteiger partial charge in [-0.05, 0) is 25.1 Å². The summed E-state index contributed by atoms with van der Waals surface area (Å²) >= 11 is 7.86. The molecular formula is C16H22ClN3S. The smallest absolute Gasteiger partial charge is 0.125 e. The highest BCUT2D eigenvalue weighted by atomic mass is 35.5. The summed E-state index contributed by atoms with van der Waals surface area (Å²) in [6, 6.07) is 7.82. The third kappa shape index (κ3) is 4.51. The van der Waals surface area contributed by atoms with Gasteiger partial charge < -0.3 is 5.73 Å². The van der Waals surface area contributed by atoms with E-state index in [2.05, 4.69) is 31.2 Å². The predicted molar refractivity (Wildman–Crippen MR) is 91.7 cm³/mol. The second-order valence-corrected chi connectivity index (χ2v) is 7.43. The zero-order chi connectivity index (χ0) is 15.5. The van der Waals surface area contributed by atoms with E-state index in [1.807, 2.05) is 24.3 Å². The van der Waals surface area contributed by atoms with Crippen LogP contribution in [0.15, 0.2) is 29.6 Å². The number of hydrogen-bond donors (Lipinski definition) is 1. The Balaban J connectivity index is 2.06. The molecule has 0 atom stereocenters. The SMILES string of the molecule is CN(Cc1csc(-c2ccccc2Cl)n1)CC(C)(C)CN. The van der Waals surface area contributed by atoms with Gasteiger partial charge in [-0.15, -0.1) is 11.3 Å². The highest BCUT2D eigenvalue weighted by molar-refractivity contribution is 7.13. The standard InChI is InChI=1S/C16H22ClN3S/c1-16(2,10-18)11-20(3)8-12-9-21-15(19-12)13-6-4-5-7-14(13)17/h4-7,9H,8,10-11,18H2,1-3H3. The van der Waals surface area contributed by atoms with Gasteiger partial charge in [0.15, 0.2) is 0 Å². The fourth-order valence-electron chi connectivity index (χ4n) is 2.27. The van der Waals surface area contributed by atoms with E-state index in [0.29, 0.717) is 6.54 Å². The highest BCUT2D eigenvalue weighted by Crippen LogP contribution is 2.30. The zero-order valence-corrected chi connectivity index (χ0v) is 14.3. The quantitative estimate of drug-likeness (QED) is 0.877. The molecule has 0 amide bonds. The maximum absolute atomic E-state index is 6.22. The van der Waals surface area contributed by atoms with Crippen molar-refractivity contribution in [2.45, 2.75) is 20.4 Å². The van der Waals surface area contributed by atoms with Gasteiger partial charge in [0.1, 0.15) is 5.01 Å². The van der Waals surface area contributed by atoms with E-state index in [1.165, 1.54) is 0 Å². The molecule has 0 saturated carbocycles. The first-order valence-corrected chi connectivity index (χ1v) is 8.25. The van der Waals surface area contributed by atoms with Crippen LogP contribution in [-0.2, 0) is 6.54 Å². The Hall–Kier alpha value is -0.940. The average molecular weight is 324 g/mol.